The lowest BCUT2D eigenvalue weighted by atomic mass is 9.90. The Hall–Kier alpha value is -0.750. The Morgan fingerprint density at radius 3 is 2.72 bits per heavy atom. The van der Waals surface area contributed by atoms with E-state index in [-0.39, 0.29) is 19.1 Å². The van der Waals surface area contributed by atoms with Crippen LogP contribution in [0.1, 0.15) is 32.6 Å². The van der Waals surface area contributed by atoms with E-state index in [1.54, 1.807) is 0 Å². The number of hydrogen-bond acceptors (Lipinski definition) is 3. The lowest BCUT2D eigenvalue weighted by Gasteiger charge is -2.34. The summed E-state index contributed by atoms with van der Waals surface area (Å²) in [5.41, 5.74) is -0.696. The number of amides is 1. The maximum atomic E-state index is 12.5. The van der Waals surface area contributed by atoms with Crippen LogP contribution >= 0.6 is 0 Å². The molecule has 0 aliphatic carbocycles. The molecule has 1 amide bonds. The third-order valence-electron chi connectivity index (χ3n) is 3.35. The van der Waals surface area contributed by atoms with E-state index in [2.05, 4.69) is 5.32 Å². The number of alkyl halides is 2. The van der Waals surface area contributed by atoms with Crippen molar-refractivity contribution in [2.75, 3.05) is 26.2 Å². The predicted molar refractivity (Wildman–Crippen MR) is 64.5 cm³/mol. The summed E-state index contributed by atoms with van der Waals surface area (Å²) in [5.74, 6) is -0.295. The average molecular weight is 264 g/mol. The highest BCUT2D eigenvalue weighted by atomic mass is 19.3. The van der Waals surface area contributed by atoms with Gasteiger partial charge in [-0.2, -0.15) is 0 Å². The fourth-order valence-electron chi connectivity index (χ4n) is 2.60. The molecule has 1 unspecified atom stereocenters. The number of aliphatic hydroxyl groups excluding tert-OH is 1. The Morgan fingerprint density at radius 2 is 2.28 bits per heavy atom. The standard InChI is InChI=1S/C12H22F2N2O2/c1-2-4-12(5-3-6-15-12)11(18)16(7-8-17)9-10(13)14/h10,15,17H,2-9H2,1H3. The summed E-state index contributed by atoms with van der Waals surface area (Å²) in [4.78, 5) is 13.5. The minimum absolute atomic E-state index is 0.0314. The van der Waals surface area contributed by atoms with E-state index in [4.69, 9.17) is 5.11 Å². The van der Waals surface area contributed by atoms with Gasteiger partial charge in [-0.1, -0.05) is 13.3 Å². The van der Waals surface area contributed by atoms with Crippen LogP contribution in [0.4, 0.5) is 8.78 Å². The molecule has 0 bridgehead atoms. The fraction of sp³-hybridized carbons (Fsp3) is 0.917. The highest BCUT2D eigenvalue weighted by Crippen LogP contribution is 2.27. The molecule has 0 aromatic carbocycles. The molecule has 0 spiro atoms. The van der Waals surface area contributed by atoms with Gasteiger partial charge in [-0.15, -0.1) is 0 Å². The summed E-state index contributed by atoms with van der Waals surface area (Å²) in [5, 5.41) is 12.1. The topological polar surface area (TPSA) is 52.6 Å². The zero-order valence-electron chi connectivity index (χ0n) is 10.8. The van der Waals surface area contributed by atoms with Crippen LogP contribution in [-0.2, 0) is 4.79 Å². The van der Waals surface area contributed by atoms with Crippen molar-refractivity contribution in [3.63, 3.8) is 0 Å². The molecule has 1 saturated heterocycles. The largest absolute Gasteiger partial charge is 0.395 e. The second kappa shape index (κ2) is 6.99. The summed E-state index contributed by atoms with van der Waals surface area (Å²) in [7, 11) is 0. The molecule has 1 fully saturated rings. The van der Waals surface area contributed by atoms with E-state index in [1.165, 1.54) is 0 Å². The third kappa shape index (κ3) is 3.62. The molecule has 18 heavy (non-hydrogen) atoms. The van der Waals surface area contributed by atoms with Crippen molar-refractivity contribution in [2.45, 2.75) is 44.6 Å². The minimum Gasteiger partial charge on any atom is -0.395 e. The molecule has 1 rings (SSSR count). The molecule has 4 nitrogen and oxygen atoms in total. The van der Waals surface area contributed by atoms with Crippen molar-refractivity contribution in [1.82, 2.24) is 10.2 Å². The van der Waals surface area contributed by atoms with Gasteiger partial charge in [-0.25, -0.2) is 8.78 Å². The van der Waals surface area contributed by atoms with Gasteiger partial charge in [0.15, 0.2) is 0 Å². The molecule has 1 atom stereocenters. The van der Waals surface area contributed by atoms with Crippen molar-refractivity contribution in [3.8, 4) is 0 Å². The highest BCUT2D eigenvalue weighted by Gasteiger charge is 2.42. The zero-order chi connectivity index (χ0) is 13.6. The molecular formula is C12H22F2N2O2. The number of rotatable bonds is 7. The van der Waals surface area contributed by atoms with Gasteiger partial charge in [0.05, 0.1) is 18.7 Å². The van der Waals surface area contributed by atoms with Crippen LogP contribution in [-0.4, -0.2) is 54.1 Å². The predicted octanol–water partition coefficient (Wildman–Crippen LogP) is 0.995. The van der Waals surface area contributed by atoms with E-state index in [0.29, 0.717) is 12.8 Å². The molecule has 1 aliphatic heterocycles. The average Bonchev–Trinajstić information content (AvgIpc) is 2.77. The molecule has 0 aromatic rings. The normalized spacial score (nSPS) is 23.6. The second-order valence-corrected chi connectivity index (χ2v) is 4.73. The fourth-order valence-corrected chi connectivity index (χ4v) is 2.60. The lowest BCUT2D eigenvalue weighted by molar-refractivity contribution is -0.140. The summed E-state index contributed by atoms with van der Waals surface area (Å²) < 4.78 is 24.9. The van der Waals surface area contributed by atoms with Gasteiger partial charge >= 0.3 is 0 Å². The number of aliphatic hydroxyl groups is 1. The van der Waals surface area contributed by atoms with Crippen molar-refractivity contribution in [1.29, 1.82) is 0 Å². The van der Waals surface area contributed by atoms with Crippen molar-refractivity contribution in [2.24, 2.45) is 0 Å². The Bertz CT molecular complexity index is 269. The minimum atomic E-state index is -2.57. The number of hydrogen-bond donors (Lipinski definition) is 2. The molecule has 0 saturated carbocycles. The highest BCUT2D eigenvalue weighted by molar-refractivity contribution is 5.86. The first-order valence-corrected chi connectivity index (χ1v) is 6.49. The number of nitrogens with one attached hydrogen (secondary N) is 1. The Kier molecular flexibility index (Phi) is 5.95. The number of halogens is 2. The van der Waals surface area contributed by atoms with E-state index in [0.717, 1.165) is 24.3 Å². The maximum absolute atomic E-state index is 12.5. The van der Waals surface area contributed by atoms with E-state index in [1.807, 2.05) is 6.92 Å². The van der Waals surface area contributed by atoms with E-state index >= 15 is 0 Å². The number of carbonyl (C=O) groups excluding carboxylic acids is 1. The molecule has 6 heteroatoms. The first-order valence-electron chi connectivity index (χ1n) is 6.49. The van der Waals surface area contributed by atoms with Crippen molar-refractivity contribution >= 4 is 5.91 Å². The molecule has 0 aromatic heterocycles. The smallest absolute Gasteiger partial charge is 0.255 e. The van der Waals surface area contributed by atoms with Crippen LogP contribution in [0.25, 0.3) is 0 Å². The first kappa shape index (κ1) is 15.3. The van der Waals surface area contributed by atoms with Crippen LogP contribution in [0.2, 0.25) is 0 Å². The van der Waals surface area contributed by atoms with Gasteiger partial charge in [-0.3, -0.25) is 4.79 Å². The summed E-state index contributed by atoms with van der Waals surface area (Å²) in [6.45, 7) is 1.79. The van der Waals surface area contributed by atoms with Gasteiger partial charge in [-0.05, 0) is 25.8 Å². The monoisotopic (exact) mass is 264 g/mol. The van der Waals surface area contributed by atoms with Gasteiger partial charge in [0.25, 0.3) is 6.43 Å². The molecule has 1 heterocycles. The number of carbonyl (C=O) groups is 1. The van der Waals surface area contributed by atoms with Crippen LogP contribution in [0, 0.1) is 0 Å². The summed E-state index contributed by atoms with van der Waals surface area (Å²) >= 11 is 0. The maximum Gasteiger partial charge on any atom is 0.255 e. The quantitative estimate of drug-likeness (QED) is 0.721. The number of nitrogens with zero attached hydrogens (tertiary/aromatic N) is 1. The lowest BCUT2D eigenvalue weighted by Crippen LogP contribution is -2.56. The van der Waals surface area contributed by atoms with Gasteiger partial charge in [0, 0.05) is 6.54 Å². The van der Waals surface area contributed by atoms with Gasteiger partial charge < -0.3 is 15.3 Å². The SMILES string of the molecule is CCCC1(C(=O)N(CCO)CC(F)F)CCCN1. The van der Waals surface area contributed by atoms with Crippen LogP contribution in [0.15, 0.2) is 0 Å². The van der Waals surface area contributed by atoms with E-state index in [9.17, 15) is 13.6 Å². The molecule has 1 aliphatic rings. The van der Waals surface area contributed by atoms with Gasteiger partial charge in [0.1, 0.15) is 0 Å². The summed E-state index contributed by atoms with van der Waals surface area (Å²) in [6.07, 6.45) is 0.468. The zero-order valence-corrected chi connectivity index (χ0v) is 10.8. The van der Waals surface area contributed by atoms with E-state index < -0.39 is 18.5 Å². The molecule has 106 valence electrons. The molecular weight excluding hydrogens is 242 g/mol. The van der Waals surface area contributed by atoms with Crippen LogP contribution in [0.3, 0.4) is 0 Å². The molecule has 0 radical (unpaired) electrons. The Labute approximate surface area is 106 Å². The first-order chi connectivity index (χ1) is 8.55. The third-order valence-corrected chi connectivity index (χ3v) is 3.35. The van der Waals surface area contributed by atoms with Crippen LogP contribution < -0.4 is 5.32 Å². The Morgan fingerprint density at radius 1 is 1.56 bits per heavy atom. The van der Waals surface area contributed by atoms with Gasteiger partial charge in [0.2, 0.25) is 5.91 Å². The molecule has 2 N–H and O–H groups in total. The second-order valence-electron chi connectivity index (χ2n) is 4.73. The van der Waals surface area contributed by atoms with Crippen LogP contribution in [0.5, 0.6) is 0 Å². The van der Waals surface area contributed by atoms with Crippen molar-refractivity contribution < 1.29 is 18.7 Å². The Balaban J connectivity index is 2.77. The summed E-state index contributed by atoms with van der Waals surface area (Å²) in [6, 6.07) is 0. The van der Waals surface area contributed by atoms with Crippen molar-refractivity contribution in [3.05, 3.63) is 0 Å².